The molecule has 1 fully saturated rings. The van der Waals surface area contributed by atoms with E-state index in [4.69, 9.17) is 4.42 Å². The summed E-state index contributed by atoms with van der Waals surface area (Å²) >= 11 is 0. The lowest BCUT2D eigenvalue weighted by atomic mass is 10.0. The fourth-order valence-electron chi connectivity index (χ4n) is 3.66. The number of oxazole rings is 1. The second-order valence-electron chi connectivity index (χ2n) is 7.56. The third kappa shape index (κ3) is 7.54. The molecular formula is C22H33FIN5O. The van der Waals surface area contributed by atoms with Crippen LogP contribution in [0, 0.1) is 5.82 Å². The van der Waals surface area contributed by atoms with Crippen molar-refractivity contribution < 1.29 is 8.81 Å². The van der Waals surface area contributed by atoms with Crippen LogP contribution in [0.5, 0.6) is 0 Å². The van der Waals surface area contributed by atoms with E-state index in [0.717, 1.165) is 43.1 Å². The Hall–Kier alpha value is -1.68. The molecule has 1 unspecified atom stereocenters. The molecule has 1 aromatic carbocycles. The molecule has 6 nitrogen and oxygen atoms in total. The topological polar surface area (TPSA) is 65.7 Å². The normalized spacial score (nSPS) is 17.4. The van der Waals surface area contributed by atoms with Gasteiger partial charge in [-0.1, -0.05) is 6.42 Å². The van der Waals surface area contributed by atoms with Gasteiger partial charge in [-0.25, -0.2) is 9.37 Å². The molecule has 8 heteroatoms. The molecule has 0 spiro atoms. The zero-order valence-electron chi connectivity index (χ0n) is 17.9. The van der Waals surface area contributed by atoms with Crippen molar-refractivity contribution in [3.8, 4) is 11.5 Å². The number of hydrogen-bond acceptors (Lipinski definition) is 4. The Bertz CT molecular complexity index is 780. The summed E-state index contributed by atoms with van der Waals surface area (Å²) in [5.74, 6) is 1.04. The largest absolute Gasteiger partial charge is 0.444 e. The van der Waals surface area contributed by atoms with Gasteiger partial charge in [-0.3, -0.25) is 4.99 Å². The highest BCUT2D eigenvalue weighted by molar-refractivity contribution is 14.0. The minimum atomic E-state index is -0.269. The summed E-state index contributed by atoms with van der Waals surface area (Å²) in [5, 5.41) is 6.69. The minimum absolute atomic E-state index is 0. The molecule has 1 aliphatic heterocycles. The lowest BCUT2D eigenvalue weighted by Gasteiger charge is -2.33. The molecule has 0 aliphatic carbocycles. The number of piperidine rings is 1. The van der Waals surface area contributed by atoms with Gasteiger partial charge in [0.25, 0.3) is 0 Å². The molecule has 3 rings (SSSR count). The number of guanidine groups is 1. The van der Waals surface area contributed by atoms with E-state index in [2.05, 4.69) is 32.4 Å². The molecule has 0 amide bonds. The van der Waals surface area contributed by atoms with Crippen molar-refractivity contribution in [2.45, 2.75) is 45.1 Å². The number of aromatic nitrogens is 1. The highest BCUT2D eigenvalue weighted by atomic mass is 127. The van der Waals surface area contributed by atoms with Gasteiger partial charge in [0.15, 0.2) is 5.96 Å². The summed E-state index contributed by atoms with van der Waals surface area (Å²) in [4.78, 5) is 11.3. The predicted molar refractivity (Wildman–Crippen MR) is 130 cm³/mol. The average molecular weight is 529 g/mol. The maximum atomic E-state index is 13.0. The van der Waals surface area contributed by atoms with Crippen molar-refractivity contribution >= 4 is 29.9 Å². The van der Waals surface area contributed by atoms with E-state index in [-0.39, 0.29) is 29.8 Å². The fraction of sp³-hybridized carbons (Fsp3) is 0.545. The summed E-state index contributed by atoms with van der Waals surface area (Å²) in [5.41, 5.74) is 1.62. The van der Waals surface area contributed by atoms with Crippen LogP contribution in [0.1, 0.15) is 38.3 Å². The van der Waals surface area contributed by atoms with Crippen LogP contribution >= 0.6 is 24.0 Å². The maximum absolute atomic E-state index is 13.0. The van der Waals surface area contributed by atoms with Gasteiger partial charge >= 0.3 is 0 Å². The Balaban J connectivity index is 0.00000320. The molecule has 0 saturated carbocycles. The van der Waals surface area contributed by atoms with Gasteiger partial charge in [0.2, 0.25) is 5.89 Å². The number of likely N-dealkylation sites (tertiary alicyclic amines) is 1. The molecule has 0 bridgehead atoms. The van der Waals surface area contributed by atoms with Crippen LogP contribution in [0.3, 0.4) is 0 Å². The lowest BCUT2D eigenvalue weighted by Crippen LogP contribution is -2.41. The Morgan fingerprint density at radius 3 is 2.73 bits per heavy atom. The van der Waals surface area contributed by atoms with Crippen LogP contribution in [-0.4, -0.2) is 55.1 Å². The quantitative estimate of drug-likeness (QED) is 0.234. The van der Waals surface area contributed by atoms with Crippen molar-refractivity contribution in [2.24, 2.45) is 4.99 Å². The van der Waals surface area contributed by atoms with E-state index in [1.807, 2.05) is 0 Å². The van der Waals surface area contributed by atoms with E-state index in [0.29, 0.717) is 18.5 Å². The average Bonchev–Trinajstić information content (AvgIpc) is 3.20. The van der Waals surface area contributed by atoms with Crippen LogP contribution in [0.4, 0.5) is 4.39 Å². The summed E-state index contributed by atoms with van der Waals surface area (Å²) in [6, 6.07) is 6.85. The smallest absolute Gasteiger partial charge is 0.226 e. The van der Waals surface area contributed by atoms with Gasteiger partial charge in [-0.2, -0.15) is 0 Å². The molecule has 1 aromatic heterocycles. The Morgan fingerprint density at radius 2 is 2.00 bits per heavy atom. The molecule has 2 aromatic rings. The molecule has 166 valence electrons. The van der Waals surface area contributed by atoms with Crippen LogP contribution in [0.2, 0.25) is 0 Å². The van der Waals surface area contributed by atoms with Crippen LogP contribution in [0.25, 0.3) is 11.5 Å². The van der Waals surface area contributed by atoms with Crippen molar-refractivity contribution in [2.75, 3.05) is 33.2 Å². The highest BCUT2D eigenvalue weighted by Crippen LogP contribution is 2.19. The summed E-state index contributed by atoms with van der Waals surface area (Å²) in [6.45, 7) is 6.31. The molecule has 1 saturated heterocycles. The van der Waals surface area contributed by atoms with E-state index in [1.54, 1.807) is 25.4 Å². The van der Waals surface area contributed by atoms with Crippen LogP contribution in [0.15, 0.2) is 39.9 Å². The molecular weight excluding hydrogens is 496 g/mol. The number of benzene rings is 1. The molecule has 1 aliphatic rings. The number of rotatable bonds is 8. The number of halogens is 2. The van der Waals surface area contributed by atoms with E-state index in [9.17, 15) is 4.39 Å². The fourth-order valence-corrected chi connectivity index (χ4v) is 3.66. The summed E-state index contributed by atoms with van der Waals surface area (Å²) < 4.78 is 18.5. The first kappa shape index (κ1) is 24.6. The SMILES string of the molecule is CN=C(NCCCN1CCCCC1C)NCCc1coc(-c2ccc(F)cc2)n1.I. The molecule has 0 radical (unpaired) electrons. The summed E-state index contributed by atoms with van der Waals surface area (Å²) in [6.07, 6.45) is 7.49. The first-order valence-electron chi connectivity index (χ1n) is 10.5. The highest BCUT2D eigenvalue weighted by Gasteiger charge is 2.17. The maximum Gasteiger partial charge on any atom is 0.226 e. The van der Waals surface area contributed by atoms with Gasteiger partial charge < -0.3 is 20.0 Å². The monoisotopic (exact) mass is 529 g/mol. The molecule has 1 atom stereocenters. The van der Waals surface area contributed by atoms with Crippen molar-refractivity contribution in [3.63, 3.8) is 0 Å². The standard InChI is InChI=1S/C22H32FN5O.HI/c1-17-6-3-4-14-28(17)15-5-12-25-22(24-2)26-13-11-20-16-29-21(27-20)18-7-9-19(23)10-8-18;/h7-10,16-17H,3-6,11-15H2,1-2H3,(H2,24,25,26);1H. The van der Waals surface area contributed by atoms with Crippen LogP contribution in [-0.2, 0) is 6.42 Å². The number of aliphatic imine (C=N–C) groups is 1. The second-order valence-corrected chi connectivity index (χ2v) is 7.56. The van der Waals surface area contributed by atoms with Gasteiger partial charge in [-0.15, -0.1) is 24.0 Å². The van der Waals surface area contributed by atoms with Crippen LogP contribution < -0.4 is 10.6 Å². The zero-order valence-corrected chi connectivity index (χ0v) is 20.2. The third-order valence-corrected chi connectivity index (χ3v) is 5.40. The van der Waals surface area contributed by atoms with E-state index < -0.39 is 0 Å². The second kappa shape index (κ2) is 12.9. The Morgan fingerprint density at radius 1 is 1.23 bits per heavy atom. The Kier molecular flexibility index (Phi) is 10.6. The van der Waals surface area contributed by atoms with Gasteiger partial charge in [0.05, 0.1) is 5.69 Å². The number of nitrogens with zero attached hydrogens (tertiary/aromatic N) is 3. The zero-order chi connectivity index (χ0) is 20.5. The predicted octanol–water partition coefficient (Wildman–Crippen LogP) is 4.07. The van der Waals surface area contributed by atoms with Gasteiger partial charge in [0.1, 0.15) is 12.1 Å². The van der Waals surface area contributed by atoms with Crippen molar-refractivity contribution in [3.05, 3.63) is 42.0 Å². The molecule has 30 heavy (non-hydrogen) atoms. The van der Waals surface area contributed by atoms with Crippen molar-refractivity contribution in [1.29, 1.82) is 0 Å². The Labute approximate surface area is 195 Å². The van der Waals surface area contributed by atoms with E-state index >= 15 is 0 Å². The first-order valence-corrected chi connectivity index (χ1v) is 10.5. The first-order chi connectivity index (χ1) is 14.2. The third-order valence-electron chi connectivity index (χ3n) is 5.40. The minimum Gasteiger partial charge on any atom is -0.444 e. The number of hydrogen-bond donors (Lipinski definition) is 2. The summed E-state index contributed by atoms with van der Waals surface area (Å²) in [7, 11) is 1.78. The molecule has 2 heterocycles. The molecule has 2 N–H and O–H groups in total. The lowest BCUT2D eigenvalue weighted by molar-refractivity contribution is 0.159. The number of nitrogens with one attached hydrogen (secondary N) is 2. The van der Waals surface area contributed by atoms with E-state index in [1.165, 1.54) is 37.9 Å². The van der Waals surface area contributed by atoms with Gasteiger partial charge in [-0.05, 0) is 57.0 Å². The van der Waals surface area contributed by atoms with Crippen molar-refractivity contribution in [1.82, 2.24) is 20.5 Å². The van der Waals surface area contributed by atoms with Gasteiger partial charge in [0, 0.05) is 44.7 Å².